The molecule has 1 N–H and O–H groups in total. The molecule has 5 nitrogen and oxygen atoms in total. The monoisotopic (exact) mass is 421 g/mol. The molecule has 29 heavy (non-hydrogen) atoms. The molecule has 1 atom stereocenters. The largest absolute Gasteiger partial charge is 0.383 e. The molecule has 0 aliphatic carbocycles. The number of hydrogen-bond donors (Lipinski definition) is 1. The highest BCUT2D eigenvalue weighted by Gasteiger charge is 2.21. The number of aldehydes is 1. The summed E-state index contributed by atoms with van der Waals surface area (Å²) in [5, 5.41) is 12.6. The maximum Gasteiger partial charge on any atom is 0.131 e. The number of methoxy groups -OCH3 is 1. The van der Waals surface area contributed by atoms with Gasteiger partial charge in [0.15, 0.2) is 0 Å². The molecule has 2 rings (SSSR count). The van der Waals surface area contributed by atoms with Crippen LogP contribution in [0, 0.1) is 23.0 Å². The van der Waals surface area contributed by atoms with Gasteiger partial charge in [-0.3, -0.25) is 0 Å². The third-order valence-corrected chi connectivity index (χ3v) is 4.75. The van der Waals surface area contributed by atoms with Crippen molar-refractivity contribution in [1.82, 2.24) is 5.32 Å². The standard InChI is InChI=1S/C21H22ClF2N3O2/c1-29-9-7-26-13-19(6-8-28)27(14-16-2-4-17(23)10-21(16)24)18-5-3-15(12-25)20(22)11-18/h2-5,8,10-11,19,26H,6-7,9,13-14H2,1H3/t19-/m0/s1. The number of nitrogens with zero attached hydrogens (tertiary/aromatic N) is 2. The summed E-state index contributed by atoms with van der Waals surface area (Å²) in [6.45, 7) is 1.61. The summed E-state index contributed by atoms with van der Waals surface area (Å²) in [4.78, 5) is 13.1. The van der Waals surface area contributed by atoms with E-state index in [2.05, 4.69) is 5.32 Å². The summed E-state index contributed by atoms with van der Waals surface area (Å²) in [7, 11) is 1.59. The number of ether oxygens (including phenoxy) is 1. The SMILES string of the molecule is COCCNC[C@H](CC=O)N(Cc1ccc(F)cc1F)c1ccc(C#N)c(Cl)c1. The minimum absolute atomic E-state index is 0.0960. The van der Waals surface area contributed by atoms with Crippen LogP contribution in [0.15, 0.2) is 36.4 Å². The van der Waals surface area contributed by atoms with E-state index in [4.69, 9.17) is 21.6 Å². The van der Waals surface area contributed by atoms with E-state index < -0.39 is 11.6 Å². The molecule has 0 aliphatic rings. The van der Waals surface area contributed by atoms with E-state index in [-0.39, 0.29) is 29.6 Å². The average Bonchev–Trinajstić information content (AvgIpc) is 2.70. The minimum atomic E-state index is -0.674. The minimum Gasteiger partial charge on any atom is -0.383 e. The van der Waals surface area contributed by atoms with Crippen LogP contribution in [0.3, 0.4) is 0 Å². The van der Waals surface area contributed by atoms with Gasteiger partial charge in [-0.25, -0.2) is 8.78 Å². The predicted octanol–water partition coefficient (Wildman–Crippen LogP) is 3.69. The van der Waals surface area contributed by atoms with Gasteiger partial charge in [0.05, 0.1) is 17.2 Å². The lowest BCUT2D eigenvalue weighted by Crippen LogP contribution is -2.43. The summed E-state index contributed by atoms with van der Waals surface area (Å²) in [6.07, 6.45) is 0.975. The molecule has 154 valence electrons. The van der Waals surface area contributed by atoms with E-state index in [1.807, 2.05) is 11.0 Å². The van der Waals surface area contributed by atoms with Gasteiger partial charge in [-0.15, -0.1) is 0 Å². The van der Waals surface area contributed by atoms with Crippen LogP contribution < -0.4 is 10.2 Å². The van der Waals surface area contributed by atoms with Crippen molar-refractivity contribution in [2.24, 2.45) is 0 Å². The van der Waals surface area contributed by atoms with Gasteiger partial charge in [-0.1, -0.05) is 17.7 Å². The zero-order valence-corrected chi connectivity index (χ0v) is 16.8. The van der Waals surface area contributed by atoms with Crippen LogP contribution in [0.4, 0.5) is 14.5 Å². The molecule has 0 aromatic heterocycles. The van der Waals surface area contributed by atoms with Gasteiger partial charge in [0, 0.05) is 56.5 Å². The first-order valence-electron chi connectivity index (χ1n) is 9.03. The third kappa shape index (κ3) is 6.50. The van der Waals surface area contributed by atoms with Crippen molar-refractivity contribution in [3.8, 4) is 6.07 Å². The molecule has 8 heteroatoms. The molecule has 0 unspecified atom stereocenters. The fraction of sp³-hybridized carbons (Fsp3) is 0.333. The van der Waals surface area contributed by atoms with Crippen molar-refractivity contribution in [2.45, 2.75) is 19.0 Å². The molecule has 2 aromatic carbocycles. The number of hydrogen-bond acceptors (Lipinski definition) is 5. The first-order chi connectivity index (χ1) is 14.0. The van der Waals surface area contributed by atoms with E-state index >= 15 is 0 Å². The Morgan fingerprint density at radius 1 is 1.31 bits per heavy atom. The van der Waals surface area contributed by atoms with Gasteiger partial charge in [-0.2, -0.15) is 5.26 Å². The average molecular weight is 422 g/mol. The Morgan fingerprint density at radius 2 is 2.10 bits per heavy atom. The quantitative estimate of drug-likeness (QED) is 0.443. The van der Waals surface area contributed by atoms with Crippen molar-refractivity contribution < 1.29 is 18.3 Å². The Hall–Kier alpha value is -2.53. The molecule has 0 fully saturated rings. The number of nitriles is 1. The topological polar surface area (TPSA) is 65.4 Å². The second-order valence-corrected chi connectivity index (χ2v) is 6.80. The molecule has 0 saturated carbocycles. The molecule has 0 radical (unpaired) electrons. The first-order valence-corrected chi connectivity index (χ1v) is 9.41. The molecular formula is C21H22ClF2N3O2. The number of rotatable bonds is 11. The van der Waals surface area contributed by atoms with Crippen LogP contribution in [-0.2, 0) is 16.1 Å². The molecule has 0 bridgehead atoms. The summed E-state index contributed by atoms with van der Waals surface area (Å²) >= 11 is 6.18. The lowest BCUT2D eigenvalue weighted by molar-refractivity contribution is -0.108. The highest BCUT2D eigenvalue weighted by atomic mass is 35.5. The maximum absolute atomic E-state index is 14.3. The van der Waals surface area contributed by atoms with Crippen LogP contribution in [0.1, 0.15) is 17.5 Å². The van der Waals surface area contributed by atoms with E-state index in [1.54, 1.807) is 25.3 Å². The van der Waals surface area contributed by atoms with Crippen LogP contribution in [0.2, 0.25) is 5.02 Å². The Balaban J connectivity index is 2.37. The Labute approximate surface area is 173 Å². The van der Waals surface area contributed by atoms with Crippen LogP contribution >= 0.6 is 11.6 Å². The fourth-order valence-electron chi connectivity index (χ4n) is 2.91. The zero-order valence-electron chi connectivity index (χ0n) is 16.0. The maximum atomic E-state index is 14.3. The molecular weight excluding hydrogens is 400 g/mol. The van der Waals surface area contributed by atoms with Crippen molar-refractivity contribution in [1.29, 1.82) is 5.26 Å². The lowest BCUT2D eigenvalue weighted by atomic mass is 10.1. The fourth-order valence-corrected chi connectivity index (χ4v) is 3.13. The number of anilines is 1. The lowest BCUT2D eigenvalue weighted by Gasteiger charge is -2.33. The summed E-state index contributed by atoms with van der Waals surface area (Å²) in [5.74, 6) is -1.34. The Morgan fingerprint density at radius 3 is 2.72 bits per heavy atom. The molecule has 0 aliphatic heterocycles. The van der Waals surface area contributed by atoms with Gasteiger partial charge < -0.3 is 19.7 Å². The molecule has 0 heterocycles. The second-order valence-electron chi connectivity index (χ2n) is 6.39. The second kappa shape index (κ2) is 11.5. The summed E-state index contributed by atoms with van der Waals surface area (Å²) in [5.41, 5.74) is 1.21. The summed E-state index contributed by atoms with van der Waals surface area (Å²) in [6, 6.07) is 9.93. The highest BCUT2D eigenvalue weighted by Crippen LogP contribution is 2.27. The van der Waals surface area contributed by atoms with E-state index in [9.17, 15) is 13.6 Å². The van der Waals surface area contributed by atoms with Crippen molar-refractivity contribution in [3.05, 3.63) is 64.2 Å². The molecule has 0 amide bonds. The van der Waals surface area contributed by atoms with Gasteiger partial charge in [0.2, 0.25) is 0 Å². The van der Waals surface area contributed by atoms with Crippen LogP contribution in [0.25, 0.3) is 0 Å². The van der Waals surface area contributed by atoms with Gasteiger partial charge in [0.25, 0.3) is 0 Å². The van der Waals surface area contributed by atoms with Crippen molar-refractivity contribution in [3.63, 3.8) is 0 Å². The van der Waals surface area contributed by atoms with Crippen LogP contribution in [0.5, 0.6) is 0 Å². The molecule has 2 aromatic rings. The summed E-state index contributed by atoms with van der Waals surface area (Å²) < 4.78 is 32.6. The Kier molecular flexibility index (Phi) is 9.00. The number of carbonyl (C=O) groups excluding carboxylic acids is 1. The number of carbonyl (C=O) groups is 1. The number of nitrogens with one attached hydrogen (secondary N) is 1. The van der Waals surface area contributed by atoms with Crippen molar-refractivity contribution >= 4 is 23.6 Å². The smallest absolute Gasteiger partial charge is 0.131 e. The number of halogens is 3. The van der Waals surface area contributed by atoms with E-state index in [0.29, 0.717) is 30.9 Å². The number of benzene rings is 2. The Bertz CT molecular complexity index is 873. The van der Waals surface area contributed by atoms with Crippen LogP contribution in [-0.4, -0.2) is 39.1 Å². The predicted molar refractivity (Wildman–Crippen MR) is 108 cm³/mol. The normalized spacial score (nSPS) is 11.7. The third-order valence-electron chi connectivity index (χ3n) is 4.43. The highest BCUT2D eigenvalue weighted by molar-refractivity contribution is 6.32. The molecule has 0 saturated heterocycles. The van der Waals surface area contributed by atoms with E-state index in [1.165, 1.54) is 12.1 Å². The van der Waals surface area contributed by atoms with Gasteiger partial charge in [0.1, 0.15) is 24.0 Å². The molecule has 0 spiro atoms. The van der Waals surface area contributed by atoms with Gasteiger partial charge >= 0.3 is 0 Å². The van der Waals surface area contributed by atoms with Crippen molar-refractivity contribution in [2.75, 3.05) is 31.7 Å². The first kappa shape index (κ1) is 22.8. The van der Waals surface area contributed by atoms with E-state index in [0.717, 1.165) is 12.4 Å². The van der Waals surface area contributed by atoms with Gasteiger partial charge in [-0.05, 0) is 24.3 Å². The zero-order chi connectivity index (χ0) is 21.2.